The second kappa shape index (κ2) is 6.21. The Kier molecular flexibility index (Phi) is 5.15. The van der Waals surface area contributed by atoms with Gasteiger partial charge in [-0.25, -0.2) is 0 Å². The molecule has 0 aliphatic carbocycles. The van der Waals surface area contributed by atoms with Crippen molar-refractivity contribution in [1.82, 2.24) is 10.2 Å². The van der Waals surface area contributed by atoms with E-state index >= 15 is 0 Å². The van der Waals surface area contributed by atoms with Gasteiger partial charge in [-0.1, -0.05) is 24.7 Å². The zero-order valence-corrected chi connectivity index (χ0v) is 9.46. The quantitative estimate of drug-likeness (QED) is 0.742. The number of aromatic nitrogens is 2. The molecule has 1 aromatic heterocycles. The summed E-state index contributed by atoms with van der Waals surface area (Å²) in [6.07, 6.45) is 3.59. The minimum Gasteiger partial charge on any atom is -0.374 e. The molecular formula is C8H15N3S2. The van der Waals surface area contributed by atoms with E-state index in [0.717, 1.165) is 17.2 Å². The first-order chi connectivity index (χ1) is 6.33. The van der Waals surface area contributed by atoms with Gasteiger partial charge in [0.05, 0.1) is 0 Å². The molecule has 0 saturated carbocycles. The van der Waals surface area contributed by atoms with Crippen LogP contribution in [0, 0.1) is 0 Å². The fourth-order valence-electron chi connectivity index (χ4n) is 0.876. The monoisotopic (exact) mass is 217 g/mol. The number of hydrogen-bond acceptors (Lipinski definition) is 5. The maximum atomic E-state index is 5.47. The minimum absolute atomic E-state index is 0.577. The number of thioether (sulfide) groups is 1. The third-order valence-electron chi connectivity index (χ3n) is 1.58. The average Bonchev–Trinajstić information content (AvgIpc) is 2.51. The van der Waals surface area contributed by atoms with E-state index in [1.165, 1.54) is 29.9 Å². The Balaban J connectivity index is 2.06. The zero-order valence-electron chi connectivity index (χ0n) is 7.82. The van der Waals surface area contributed by atoms with Gasteiger partial charge in [0.2, 0.25) is 5.13 Å². The van der Waals surface area contributed by atoms with Gasteiger partial charge < -0.3 is 5.73 Å². The lowest BCUT2D eigenvalue weighted by molar-refractivity contribution is 0.895. The second-order valence-corrected chi connectivity index (χ2v) is 5.07. The molecule has 0 aliphatic heterocycles. The Labute approximate surface area is 87.1 Å². The van der Waals surface area contributed by atoms with Gasteiger partial charge in [-0.2, -0.15) is 11.8 Å². The lowest BCUT2D eigenvalue weighted by Crippen LogP contribution is -1.89. The normalized spacial score (nSPS) is 10.5. The Morgan fingerprint density at radius 1 is 1.38 bits per heavy atom. The summed E-state index contributed by atoms with van der Waals surface area (Å²) in [5.74, 6) is 2.39. The smallest absolute Gasteiger partial charge is 0.203 e. The van der Waals surface area contributed by atoms with Crippen molar-refractivity contribution in [3.63, 3.8) is 0 Å². The molecule has 0 aliphatic rings. The molecule has 0 aromatic carbocycles. The van der Waals surface area contributed by atoms with E-state index in [1.807, 2.05) is 11.8 Å². The van der Waals surface area contributed by atoms with Crippen LogP contribution in [0.1, 0.15) is 24.8 Å². The lowest BCUT2D eigenvalue weighted by Gasteiger charge is -1.96. The highest BCUT2D eigenvalue weighted by atomic mass is 32.2. The first-order valence-corrected chi connectivity index (χ1v) is 6.45. The number of rotatable bonds is 6. The zero-order chi connectivity index (χ0) is 9.52. The third kappa shape index (κ3) is 4.47. The number of hydrogen-bond donors (Lipinski definition) is 1. The van der Waals surface area contributed by atoms with Crippen molar-refractivity contribution in [3.05, 3.63) is 5.01 Å². The van der Waals surface area contributed by atoms with Crippen LogP contribution in [0.3, 0.4) is 0 Å². The second-order valence-electron chi connectivity index (χ2n) is 2.75. The van der Waals surface area contributed by atoms with E-state index in [0.29, 0.717) is 5.13 Å². The van der Waals surface area contributed by atoms with E-state index in [1.54, 1.807) is 0 Å². The van der Waals surface area contributed by atoms with Crippen LogP contribution in [-0.4, -0.2) is 21.7 Å². The van der Waals surface area contributed by atoms with E-state index in [4.69, 9.17) is 5.73 Å². The minimum atomic E-state index is 0.577. The lowest BCUT2D eigenvalue weighted by atomic mass is 10.4. The summed E-state index contributed by atoms with van der Waals surface area (Å²) >= 11 is 3.47. The molecule has 0 spiro atoms. The van der Waals surface area contributed by atoms with Crippen LogP contribution >= 0.6 is 23.1 Å². The van der Waals surface area contributed by atoms with E-state index in [2.05, 4.69) is 17.1 Å². The van der Waals surface area contributed by atoms with Crippen LogP contribution in [0.2, 0.25) is 0 Å². The summed E-state index contributed by atoms with van der Waals surface area (Å²) in [7, 11) is 0. The number of nitrogen functional groups attached to an aromatic ring is 1. The van der Waals surface area contributed by atoms with E-state index in [9.17, 15) is 0 Å². The number of unbranched alkanes of at least 4 members (excludes halogenated alkanes) is 1. The first kappa shape index (κ1) is 10.8. The molecule has 2 N–H and O–H groups in total. The molecule has 3 nitrogen and oxygen atoms in total. The summed E-state index contributed by atoms with van der Waals surface area (Å²) < 4.78 is 0. The molecule has 0 atom stereocenters. The molecule has 0 saturated heterocycles. The Morgan fingerprint density at radius 3 is 2.85 bits per heavy atom. The van der Waals surface area contributed by atoms with Crippen molar-refractivity contribution in [3.8, 4) is 0 Å². The molecule has 0 bridgehead atoms. The fourth-order valence-corrected chi connectivity index (χ4v) is 2.65. The summed E-state index contributed by atoms with van der Waals surface area (Å²) in [5, 5.41) is 9.37. The predicted molar refractivity (Wildman–Crippen MR) is 60.3 cm³/mol. The summed E-state index contributed by atoms with van der Waals surface area (Å²) in [6.45, 7) is 2.21. The highest BCUT2D eigenvalue weighted by Crippen LogP contribution is 2.14. The molecule has 5 heteroatoms. The predicted octanol–water partition coefficient (Wildman–Crippen LogP) is 2.20. The Morgan fingerprint density at radius 2 is 2.23 bits per heavy atom. The SMILES string of the molecule is CCCCSCCc1nnc(N)s1. The molecule has 74 valence electrons. The van der Waals surface area contributed by atoms with Crippen LogP contribution < -0.4 is 5.73 Å². The maximum absolute atomic E-state index is 5.47. The first-order valence-electron chi connectivity index (χ1n) is 4.48. The molecule has 1 aromatic rings. The van der Waals surface area contributed by atoms with Gasteiger partial charge >= 0.3 is 0 Å². The number of nitrogens with zero attached hydrogens (tertiary/aromatic N) is 2. The van der Waals surface area contributed by atoms with Crippen LogP contribution in [0.25, 0.3) is 0 Å². The van der Waals surface area contributed by atoms with Gasteiger partial charge in [-0.05, 0) is 17.9 Å². The van der Waals surface area contributed by atoms with Crippen molar-refractivity contribution in [2.24, 2.45) is 0 Å². The Bertz CT molecular complexity index is 237. The molecule has 0 radical (unpaired) electrons. The summed E-state index contributed by atoms with van der Waals surface area (Å²) in [5.41, 5.74) is 5.47. The molecule has 0 fully saturated rings. The number of aryl methyl sites for hydroxylation is 1. The van der Waals surface area contributed by atoms with E-state index in [-0.39, 0.29) is 0 Å². The van der Waals surface area contributed by atoms with Crippen molar-refractivity contribution >= 4 is 28.2 Å². The van der Waals surface area contributed by atoms with Gasteiger partial charge in [0, 0.05) is 6.42 Å². The molecule has 0 amide bonds. The molecule has 1 rings (SSSR count). The van der Waals surface area contributed by atoms with Gasteiger partial charge in [0.25, 0.3) is 0 Å². The fraction of sp³-hybridized carbons (Fsp3) is 0.750. The topological polar surface area (TPSA) is 51.8 Å². The van der Waals surface area contributed by atoms with Crippen molar-refractivity contribution in [2.75, 3.05) is 17.2 Å². The average molecular weight is 217 g/mol. The standard InChI is InChI=1S/C8H15N3S2/c1-2-3-5-12-6-4-7-10-11-8(9)13-7/h2-6H2,1H3,(H2,9,11). The third-order valence-corrected chi connectivity index (χ3v) is 3.47. The van der Waals surface area contributed by atoms with Gasteiger partial charge in [0.1, 0.15) is 5.01 Å². The molecular weight excluding hydrogens is 202 g/mol. The highest BCUT2D eigenvalue weighted by molar-refractivity contribution is 7.99. The van der Waals surface area contributed by atoms with Gasteiger partial charge in [0.15, 0.2) is 0 Å². The van der Waals surface area contributed by atoms with Crippen molar-refractivity contribution < 1.29 is 0 Å². The number of anilines is 1. The van der Waals surface area contributed by atoms with Crippen LogP contribution in [0.15, 0.2) is 0 Å². The Hall–Kier alpha value is -0.290. The van der Waals surface area contributed by atoms with Crippen molar-refractivity contribution in [1.29, 1.82) is 0 Å². The van der Waals surface area contributed by atoms with Crippen LogP contribution in [0.5, 0.6) is 0 Å². The van der Waals surface area contributed by atoms with Gasteiger partial charge in [-0.3, -0.25) is 0 Å². The molecule has 1 heterocycles. The van der Waals surface area contributed by atoms with Crippen LogP contribution in [0.4, 0.5) is 5.13 Å². The summed E-state index contributed by atoms with van der Waals surface area (Å²) in [4.78, 5) is 0. The number of nitrogens with two attached hydrogens (primary N) is 1. The molecule has 0 unspecified atom stereocenters. The van der Waals surface area contributed by atoms with Crippen LogP contribution in [-0.2, 0) is 6.42 Å². The van der Waals surface area contributed by atoms with E-state index < -0.39 is 0 Å². The maximum Gasteiger partial charge on any atom is 0.203 e. The highest BCUT2D eigenvalue weighted by Gasteiger charge is 1.99. The van der Waals surface area contributed by atoms with Crippen molar-refractivity contribution in [2.45, 2.75) is 26.2 Å². The largest absolute Gasteiger partial charge is 0.374 e. The summed E-state index contributed by atoms with van der Waals surface area (Å²) in [6, 6.07) is 0. The molecule has 13 heavy (non-hydrogen) atoms. The van der Waals surface area contributed by atoms with Gasteiger partial charge in [-0.15, -0.1) is 10.2 Å².